The number of ether oxygens (including phenoxy) is 1. The summed E-state index contributed by atoms with van der Waals surface area (Å²) >= 11 is 0. The van der Waals surface area contributed by atoms with Gasteiger partial charge in [-0.05, 0) is 13.3 Å². The minimum Gasteiger partial charge on any atom is -0.368 e. The van der Waals surface area contributed by atoms with Gasteiger partial charge in [0.15, 0.2) is 6.29 Å². The highest BCUT2D eigenvalue weighted by atomic mass is 16.6. The summed E-state index contributed by atoms with van der Waals surface area (Å²) < 4.78 is 5.13. The molecule has 0 heterocycles. The number of unbranched alkanes of at least 4 members (excludes halogenated alkanes) is 19. The first-order valence-electron chi connectivity index (χ1n) is 12.1. The van der Waals surface area contributed by atoms with Gasteiger partial charge in [0.1, 0.15) is 0 Å². The van der Waals surface area contributed by atoms with Crippen LogP contribution in [0.3, 0.4) is 0 Å². The Bertz CT molecular complexity index is 240. The monoisotopic (exact) mass is 370 g/mol. The van der Waals surface area contributed by atoms with E-state index in [9.17, 15) is 0 Å². The van der Waals surface area contributed by atoms with Crippen LogP contribution in [0.2, 0.25) is 0 Å². The summed E-state index contributed by atoms with van der Waals surface area (Å²) in [6.45, 7) is 4.67. The molecule has 1 N–H and O–H groups in total. The summed E-state index contributed by atoms with van der Waals surface area (Å²) in [5.41, 5.74) is 0. The molecule has 0 radical (unpaired) electrons. The number of hydrogen-bond donors (Lipinski definition) is 1. The third kappa shape index (κ3) is 23.9. The average Bonchev–Trinajstić information content (AvgIpc) is 2.62. The van der Waals surface area contributed by atoms with Crippen molar-refractivity contribution >= 4 is 0 Å². The molecule has 2 heteroatoms. The van der Waals surface area contributed by atoms with Gasteiger partial charge in [0.25, 0.3) is 0 Å². The average molecular weight is 371 g/mol. The SMILES string of the molecule is CCCCCCCCCCCCCCCCCCCCCCOC(C)O. The predicted molar refractivity (Wildman–Crippen MR) is 116 cm³/mol. The normalized spacial score (nSPS) is 12.6. The quantitative estimate of drug-likeness (QED) is 0.154. The molecule has 0 aromatic carbocycles. The first kappa shape index (κ1) is 25.9. The zero-order valence-corrected chi connectivity index (χ0v) is 18.3. The fraction of sp³-hybridized carbons (Fsp3) is 1.00. The van der Waals surface area contributed by atoms with Gasteiger partial charge in [-0.1, -0.05) is 129 Å². The van der Waals surface area contributed by atoms with Gasteiger partial charge >= 0.3 is 0 Å². The molecule has 0 aromatic rings. The van der Waals surface area contributed by atoms with E-state index >= 15 is 0 Å². The van der Waals surface area contributed by atoms with E-state index in [0.717, 1.165) is 6.42 Å². The van der Waals surface area contributed by atoms with Crippen LogP contribution in [-0.2, 0) is 4.74 Å². The summed E-state index contributed by atoms with van der Waals surface area (Å²) in [7, 11) is 0. The first-order chi connectivity index (χ1) is 12.8. The fourth-order valence-corrected chi connectivity index (χ4v) is 3.61. The molecule has 0 saturated heterocycles. The van der Waals surface area contributed by atoms with E-state index in [4.69, 9.17) is 9.84 Å². The first-order valence-corrected chi connectivity index (χ1v) is 12.1. The minimum atomic E-state index is -0.602. The maximum absolute atomic E-state index is 8.99. The van der Waals surface area contributed by atoms with Gasteiger partial charge in [0.2, 0.25) is 0 Å². The van der Waals surface area contributed by atoms with Gasteiger partial charge in [0, 0.05) is 6.61 Å². The highest BCUT2D eigenvalue weighted by Crippen LogP contribution is 2.14. The molecule has 1 atom stereocenters. The van der Waals surface area contributed by atoms with E-state index in [-0.39, 0.29) is 0 Å². The molecule has 0 saturated carbocycles. The van der Waals surface area contributed by atoms with E-state index < -0.39 is 6.29 Å². The van der Waals surface area contributed by atoms with Crippen LogP contribution in [0.15, 0.2) is 0 Å². The Labute approximate surface area is 165 Å². The van der Waals surface area contributed by atoms with Gasteiger partial charge in [-0.25, -0.2) is 0 Å². The van der Waals surface area contributed by atoms with Crippen molar-refractivity contribution in [3.63, 3.8) is 0 Å². The van der Waals surface area contributed by atoms with E-state index in [2.05, 4.69) is 6.92 Å². The fourth-order valence-electron chi connectivity index (χ4n) is 3.61. The third-order valence-electron chi connectivity index (χ3n) is 5.36. The highest BCUT2D eigenvalue weighted by Gasteiger charge is 1.96. The molecule has 0 aliphatic carbocycles. The molecule has 0 amide bonds. The molecule has 0 fully saturated rings. The molecule has 0 aliphatic heterocycles. The number of hydrogen-bond acceptors (Lipinski definition) is 2. The van der Waals surface area contributed by atoms with E-state index in [0.29, 0.717) is 6.61 Å². The van der Waals surface area contributed by atoms with Crippen molar-refractivity contribution in [3.05, 3.63) is 0 Å². The van der Waals surface area contributed by atoms with Crippen LogP contribution in [0.4, 0.5) is 0 Å². The lowest BCUT2D eigenvalue weighted by Gasteiger charge is -2.06. The zero-order chi connectivity index (χ0) is 19.1. The summed E-state index contributed by atoms with van der Waals surface area (Å²) in [5, 5.41) is 8.99. The minimum absolute atomic E-state index is 0.602. The van der Waals surface area contributed by atoms with Crippen LogP contribution < -0.4 is 0 Å². The predicted octanol–water partition coefficient (Wildman–Crippen LogP) is 8.16. The Morgan fingerprint density at radius 1 is 0.500 bits per heavy atom. The Kier molecular flexibility index (Phi) is 22.9. The van der Waals surface area contributed by atoms with Crippen LogP contribution in [0.5, 0.6) is 0 Å². The van der Waals surface area contributed by atoms with Gasteiger partial charge < -0.3 is 9.84 Å². The molecule has 0 aliphatic rings. The molecular formula is C24H50O2. The standard InChI is InChI=1S/C24H50O2/c1-3-4-5-6-7-8-9-10-11-12-13-14-15-16-17-18-19-20-21-22-23-26-24(2)25/h24-25H,3-23H2,1-2H3. The van der Waals surface area contributed by atoms with Gasteiger partial charge in [-0.15, -0.1) is 0 Å². The summed E-state index contributed by atoms with van der Waals surface area (Å²) in [5.74, 6) is 0. The second kappa shape index (κ2) is 23.0. The zero-order valence-electron chi connectivity index (χ0n) is 18.3. The smallest absolute Gasteiger partial charge is 0.151 e. The van der Waals surface area contributed by atoms with E-state index in [1.807, 2.05) is 0 Å². The van der Waals surface area contributed by atoms with Crippen molar-refractivity contribution in [2.75, 3.05) is 6.61 Å². The molecular weight excluding hydrogens is 320 g/mol. The highest BCUT2D eigenvalue weighted by molar-refractivity contribution is 4.51. The van der Waals surface area contributed by atoms with Gasteiger partial charge in [0.05, 0.1) is 0 Å². The van der Waals surface area contributed by atoms with Crippen molar-refractivity contribution in [2.45, 2.75) is 149 Å². The molecule has 2 nitrogen and oxygen atoms in total. The van der Waals surface area contributed by atoms with E-state index in [1.165, 1.54) is 122 Å². The van der Waals surface area contributed by atoms with Crippen molar-refractivity contribution in [2.24, 2.45) is 0 Å². The molecule has 0 spiro atoms. The lowest BCUT2D eigenvalue weighted by Crippen LogP contribution is -2.06. The van der Waals surface area contributed by atoms with Crippen LogP contribution in [-0.4, -0.2) is 18.0 Å². The van der Waals surface area contributed by atoms with Crippen molar-refractivity contribution in [1.82, 2.24) is 0 Å². The summed E-state index contributed by atoms with van der Waals surface area (Å²) in [6, 6.07) is 0. The lowest BCUT2D eigenvalue weighted by atomic mass is 10.0. The van der Waals surface area contributed by atoms with E-state index in [1.54, 1.807) is 6.92 Å². The van der Waals surface area contributed by atoms with Gasteiger partial charge in [-0.2, -0.15) is 0 Å². The van der Waals surface area contributed by atoms with Crippen molar-refractivity contribution in [1.29, 1.82) is 0 Å². The maximum atomic E-state index is 8.99. The number of aliphatic hydroxyl groups excluding tert-OH is 1. The maximum Gasteiger partial charge on any atom is 0.151 e. The molecule has 0 aromatic heterocycles. The largest absolute Gasteiger partial charge is 0.368 e. The summed E-state index contributed by atoms with van der Waals surface area (Å²) in [4.78, 5) is 0. The van der Waals surface area contributed by atoms with Crippen LogP contribution in [0, 0.1) is 0 Å². The third-order valence-corrected chi connectivity index (χ3v) is 5.36. The topological polar surface area (TPSA) is 29.5 Å². The number of aliphatic hydroxyl groups is 1. The second-order valence-corrected chi connectivity index (χ2v) is 8.19. The van der Waals surface area contributed by atoms with Gasteiger partial charge in [-0.3, -0.25) is 0 Å². The molecule has 0 rings (SSSR count). The molecule has 1 unspecified atom stereocenters. The molecule has 26 heavy (non-hydrogen) atoms. The van der Waals surface area contributed by atoms with Crippen LogP contribution in [0.1, 0.15) is 142 Å². The Morgan fingerprint density at radius 2 is 0.769 bits per heavy atom. The van der Waals surface area contributed by atoms with Crippen molar-refractivity contribution < 1.29 is 9.84 Å². The lowest BCUT2D eigenvalue weighted by molar-refractivity contribution is -0.0859. The summed E-state index contributed by atoms with van der Waals surface area (Å²) in [6.07, 6.45) is 27.5. The Morgan fingerprint density at radius 3 is 1.04 bits per heavy atom. The number of rotatable bonds is 22. The second-order valence-electron chi connectivity index (χ2n) is 8.19. The molecule has 0 bridgehead atoms. The van der Waals surface area contributed by atoms with Crippen LogP contribution >= 0.6 is 0 Å². The Balaban J connectivity index is 2.97. The van der Waals surface area contributed by atoms with Crippen molar-refractivity contribution in [3.8, 4) is 0 Å². The van der Waals surface area contributed by atoms with Crippen LogP contribution in [0.25, 0.3) is 0 Å². The molecule has 158 valence electrons. The Hall–Kier alpha value is -0.0800.